The second-order valence-corrected chi connectivity index (χ2v) is 3.65. The SMILES string of the molecule is CCC(C)OCC(=O)N(CC)CCC(=O)O. The van der Waals surface area contributed by atoms with Crippen LogP contribution in [0.2, 0.25) is 0 Å². The van der Waals surface area contributed by atoms with Crippen LogP contribution in [-0.2, 0) is 14.3 Å². The summed E-state index contributed by atoms with van der Waals surface area (Å²) in [7, 11) is 0. The van der Waals surface area contributed by atoms with Crippen LogP contribution < -0.4 is 0 Å². The summed E-state index contributed by atoms with van der Waals surface area (Å²) < 4.78 is 5.30. The number of nitrogens with zero attached hydrogens (tertiary/aromatic N) is 1. The molecule has 1 amide bonds. The van der Waals surface area contributed by atoms with Gasteiger partial charge in [0.2, 0.25) is 5.91 Å². The third-order valence-corrected chi connectivity index (χ3v) is 2.40. The van der Waals surface area contributed by atoms with Gasteiger partial charge in [0, 0.05) is 13.1 Å². The highest BCUT2D eigenvalue weighted by Gasteiger charge is 2.13. The number of ether oxygens (including phenoxy) is 1. The topological polar surface area (TPSA) is 66.8 Å². The highest BCUT2D eigenvalue weighted by atomic mass is 16.5. The molecule has 5 heteroatoms. The van der Waals surface area contributed by atoms with Crippen molar-refractivity contribution in [3.63, 3.8) is 0 Å². The molecule has 0 saturated heterocycles. The highest BCUT2D eigenvalue weighted by molar-refractivity contribution is 5.78. The summed E-state index contributed by atoms with van der Waals surface area (Å²) in [5, 5.41) is 8.53. The van der Waals surface area contributed by atoms with E-state index in [0.29, 0.717) is 6.54 Å². The monoisotopic (exact) mass is 231 g/mol. The predicted octanol–water partition coefficient (Wildman–Crippen LogP) is 1.12. The Morgan fingerprint density at radius 2 is 2.00 bits per heavy atom. The van der Waals surface area contributed by atoms with Crippen LogP contribution in [0.25, 0.3) is 0 Å². The van der Waals surface area contributed by atoms with Crippen molar-refractivity contribution in [1.82, 2.24) is 4.90 Å². The number of hydrogen-bond acceptors (Lipinski definition) is 3. The largest absolute Gasteiger partial charge is 0.481 e. The number of hydrogen-bond donors (Lipinski definition) is 1. The van der Waals surface area contributed by atoms with Crippen molar-refractivity contribution in [3.05, 3.63) is 0 Å². The first kappa shape index (κ1) is 14.9. The zero-order chi connectivity index (χ0) is 12.6. The maximum Gasteiger partial charge on any atom is 0.305 e. The van der Waals surface area contributed by atoms with Gasteiger partial charge in [0.25, 0.3) is 0 Å². The average Bonchev–Trinajstić information content (AvgIpc) is 2.26. The molecule has 0 aromatic heterocycles. The van der Waals surface area contributed by atoms with Crippen molar-refractivity contribution in [2.75, 3.05) is 19.7 Å². The summed E-state index contributed by atoms with van der Waals surface area (Å²) in [5.74, 6) is -1.04. The van der Waals surface area contributed by atoms with Gasteiger partial charge in [0.1, 0.15) is 6.61 Å². The van der Waals surface area contributed by atoms with Crippen molar-refractivity contribution in [2.45, 2.75) is 39.7 Å². The lowest BCUT2D eigenvalue weighted by Crippen LogP contribution is -2.36. The van der Waals surface area contributed by atoms with Crippen molar-refractivity contribution in [3.8, 4) is 0 Å². The van der Waals surface area contributed by atoms with Crippen molar-refractivity contribution in [2.24, 2.45) is 0 Å². The molecule has 1 unspecified atom stereocenters. The van der Waals surface area contributed by atoms with Crippen molar-refractivity contribution >= 4 is 11.9 Å². The van der Waals surface area contributed by atoms with Crippen LogP contribution in [0.3, 0.4) is 0 Å². The Kier molecular flexibility index (Phi) is 7.54. The molecule has 16 heavy (non-hydrogen) atoms. The molecular formula is C11H21NO4. The lowest BCUT2D eigenvalue weighted by Gasteiger charge is -2.21. The summed E-state index contributed by atoms with van der Waals surface area (Å²) in [5.41, 5.74) is 0. The number of amides is 1. The minimum atomic E-state index is -0.894. The Labute approximate surface area is 96.4 Å². The fourth-order valence-electron chi connectivity index (χ4n) is 1.11. The molecule has 1 atom stereocenters. The van der Waals surface area contributed by atoms with Crippen LogP contribution >= 0.6 is 0 Å². The highest BCUT2D eigenvalue weighted by Crippen LogP contribution is 1.99. The summed E-state index contributed by atoms with van der Waals surface area (Å²) in [4.78, 5) is 23.5. The molecule has 5 nitrogen and oxygen atoms in total. The van der Waals surface area contributed by atoms with Gasteiger partial charge in [0.15, 0.2) is 0 Å². The summed E-state index contributed by atoms with van der Waals surface area (Å²) in [6.45, 7) is 6.49. The molecule has 0 aliphatic heterocycles. The zero-order valence-corrected chi connectivity index (χ0v) is 10.2. The van der Waals surface area contributed by atoms with E-state index in [2.05, 4.69) is 0 Å². The van der Waals surface area contributed by atoms with E-state index in [-0.39, 0.29) is 31.6 Å². The van der Waals surface area contributed by atoms with Gasteiger partial charge < -0.3 is 14.7 Å². The van der Waals surface area contributed by atoms with Gasteiger partial charge >= 0.3 is 5.97 Å². The average molecular weight is 231 g/mol. The first-order chi connectivity index (χ1) is 7.51. The Bertz CT molecular complexity index is 230. The van der Waals surface area contributed by atoms with E-state index in [1.54, 1.807) is 0 Å². The van der Waals surface area contributed by atoms with E-state index in [0.717, 1.165) is 6.42 Å². The molecule has 0 saturated carbocycles. The minimum Gasteiger partial charge on any atom is -0.481 e. The number of likely N-dealkylation sites (N-methyl/N-ethyl adjacent to an activating group) is 1. The summed E-state index contributed by atoms with van der Waals surface area (Å²) in [6, 6.07) is 0. The van der Waals surface area contributed by atoms with Gasteiger partial charge in [-0.25, -0.2) is 0 Å². The number of carboxylic acid groups (broad SMARTS) is 1. The first-order valence-corrected chi connectivity index (χ1v) is 5.62. The Morgan fingerprint density at radius 1 is 1.38 bits per heavy atom. The molecule has 0 aliphatic carbocycles. The molecule has 0 spiro atoms. The van der Waals surface area contributed by atoms with Crippen LogP contribution in [-0.4, -0.2) is 47.7 Å². The van der Waals surface area contributed by atoms with Crippen LogP contribution in [0.1, 0.15) is 33.6 Å². The van der Waals surface area contributed by atoms with Crippen LogP contribution in [0.5, 0.6) is 0 Å². The molecule has 0 aliphatic rings. The molecule has 0 bridgehead atoms. The molecule has 0 fully saturated rings. The van der Waals surface area contributed by atoms with Crippen molar-refractivity contribution < 1.29 is 19.4 Å². The minimum absolute atomic E-state index is 0.0249. The quantitative estimate of drug-likeness (QED) is 0.680. The molecule has 0 aromatic carbocycles. The molecule has 94 valence electrons. The molecule has 0 heterocycles. The number of rotatable bonds is 8. The number of carboxylic acids is 1. The van der Waals surface area contributed by atoms with E-state index in [1.165, 1.54) is 4.90 Å². The van der Waals surface area contributed by atoms with Gasteiger partial charge in [-0.15, -0.1) is 0 Å². The molecule has 1 N–H and O–H groups in total. The lowest BCUT2D eigenvalue weighted by atomic mass is 10.3. The van der Waals surface area contributed by atoms with E-state index in [9.17, 15) is 9.59 Å². The smallest absolute Gasteiger partial charge is 0.305 e. The van der Waals surface area contributed by atoms with Crippen molar-refractivity contribution in [1.29, 1.82) is 0 Å². The summed E-state index contributed by atoms with van der Waals surface area (Å²) in [6.07, 6.45) is 0.888. The molecule has 0 radical (unpaired) electrons. The predicted molar refractivity (Wildman–Crippen MR) is 60.2 cm³/mol. The van der Waals surface area contributed by atoms with Gasteiger partial charge in [-0.05, 0) is 20.3 Å². The first-order valence-electron chi connectivity index (χ1n) is 5.62. The summed E-state index contributed by atoms with van der Waals surface area (Å²) >= 11 is 0. The normalized spacial score (nSPS) is 12.2. The molecular weight excluding hydrogens is 210 g/mol. The molecule has 0 aromatic rings. The van der Waals surface area contributed by atoms with E-state index < -0.39 is 5.97 Å². The van der Waals surface area contributed by atoms with Crippen LogP contribution in [0.4, 0.5) is 0 Å². The second kappa shape index (κ2) is 8.10. The van der Waals surface area contributed by atoms with Gasteiger partial charge in [-0.2, -0.15) is 0 Å². The lowest BCUT2D eigenvalue weighted by molar-refractivity contribution is -0.140. The number of carbonyl (C=O) groups excluding carboxylic acids is 1. The number of aliphatic carboxylic acids is 1. The van der Waals surface area contributed by atoms with E-state index in [1.807, 2.05) is 20.8 Å². The zero-order valence-electron chi connectivity index (χ0n) is 10.2. The Balaban J connectivity index is 3.95. The third-order valence-electron chi connectivity index (χ3n) is 2.40. The fraction of sp³-hybridized carbons (Fsp3) is 0.818. The van der Waals surface area contributed by atoms with E-state index in [4.69, 9.17) is 9.84 Å². The maximum absolute atomic E-state index is 11.6. The van der Waals surface area contributed by atoms with Gasteiger partial charge in [-0.3, -0.25) is 9.59 Å². The molecule has 0 rings (SSSR count). The fourth-order valence-corrected chi connectivity index (χ4v) is 1.11. The standard InChI is InChI=1S/C11H21NO4/c1-4-9(3)16-8-10(13)12(5-2)7-6-11(14)15/h9H,4-8H2,1-3H3,(H,14,15). The third kappa shape index (κ3) is 6.40. The Morgan fingerprint density at radius 3 is 2.44 bits per heavy atom. The van der Waals surface area contributed by atoms with Gasteiger partial charge in [0.05, 0.1) is 12.5 Å². The maximum atomic E-state index is 11.6. The van der Waals surface area contributed by atoms with E-state index >= 15 is 0 Å². The van der Waals surface area contributed by atoms with Gasteiger partial charge in [-0.1, -0.05) is 6.92 Å². The number of carbonyl (C=O) groups is 2. The van der Waals surface area contributed by atoms with Crippen LogP contribution in [0, 0.1) is 0 Å². The van der Waals surface area contributed by atoms with Crippen LogP contribution in [0.15, 0.2) is 0 Å². The second-order valence-electron chi connectivity index (χ2n) is 3.65. The Hall–Kier alpha value is -1.10.